The van der Waals surface area contributed by atoms with Crippen molar-refractivity contribution in [1.29, 1.82) is 0 Å². The summed E-state index contributed by atoms with van der Waals surface area (Å²) in [6.07, 6.45) is 4.70. The van der Waals surface area contributed by atoms with Crippen LogP contribution in [-0.4, -0.2) is 62.4 Å². The molecule has 0 radical (unpaired) electrons. The Morgan fingerprint density at radius 2 is 1.61 bits per heavy atom. The number of esters is 1. The number of ether oxygens (including phenoxy) is 2. The Hall–Kier alpha value is -2.97. The first-order chi connectivity index (χ1) is 16.0. The van der Waals surface area contributed by atoms with E-state index < -0.39 is 5.92 Å². The Balaban J connectivity index is 2.39. The number of rotatable bonds is 18. The molecule has 0 heterocycles. The average Bonchev–Trinajstić information content (AvgIpc) is 2.81. The minimum Gasteiger partial charge on any atom is -0.464 e. The summed E-state index contributed by atoms with van der Waals surface area (Å²) in [5.41, 5.74) is 1.04. The van der Waals surface area contributed by atoms with Crippen LogP contribution in [0.25, 0.3) is 0 Å². The molecule has 8 heteroatoms. The molecule has 0 aliphatic carbocycles. The summed E-state index contributed by atoms with van der Waals surface area (Å²) in [5.74, 6) is -1.81. The van der Waals surface area contributed by atoms with E-state index in [1.807, 2.05) is 30.3 Å². The van der Waals surface area contributed by atoms with E-state index in [1.165, 1.54) is 0 Å². The van der Waals surface area contributed by atoms with E-state index in [1.54, 1.807) is 12.2 Å². The van der Waals surface area contributed by atoms with Crippen molar-refractivity contribution in [1.82, 2.24) is 10.6 Å². The van der Waals surface area contributed by atoms with Gasteiger partial charge in [0.25, 0.3) is 0 Å². The van der Waals surface area contributed by atoms with Crippen LogP contribution in [-0.2, 0) is 30.3 Å². The number of nitrogens with one attached hydrogen (secondary N) is 2. The van der Waals surface area contributed by atoms with Crippen LogP contribution in [0.4, 0.5) is 0 Å². The average molecular weight is 461 g/mol. The Kier molecular flexibility index (Phi) is 14.9. The molecule has 0 saturated carbocycles. The standard InChI is InChI=1S/C25H36N2O6/c1-3-8-21(19-23(29)26-12-15-32-17-14-28)24(30)27-13-16-33-25(31)22(9-4-2)18-20-10-6-5-7-11-20/h3-7,10-11,21-22,28H,1-2,8-9,12-19H2,(H,26,29)(H,27,30)/t21-,22+/m0/s1. The Morgan fingerprint density at radius 1 is 0.939 bits per heavy atom. The van der Waals surface area contributed by atoms with E-state index >= 15 is 0 Å². The Labute approximate surface area is 196 Å². The molecule has 0 aliphatic rings. The molecule has 1 aromatic carbocycles. The molecule has 182 valence electrons. The first kappa shape index (κ1) is 28.1. The number of allylic oxidation sites excluding steroid dienone is 2. The second-order valence-corrected chi connectivity index (χ2v) is 7.48. The summed E-state index contributed by atoms with van der Waals surface area (Å²) in [5, 5.41) is 14.0. The van der Waals surface area contributed by atoms with Gasteiger partial charge >= 0.3 is 5.97 Å². The zero-order valence-corrected chi connectivity index (χ0v) is 19.2. The zero-order valence-electron chi connectivity index (χ0n) is 19.2. The second-order valence-electron chi connectivity index (χ2n) is 7.48. The highest BCUT2D eigenvalue weighted by Crippen LogP contribution is 2.15. The molecule has 2 atom stereocenters. The van der Waals surface area contributed by atoms with E-state index in [0.29, 0.717) is 25.8 Å². The van der Waals surface area contributed by atoms with E-state index in [-0.39, 0.29) is 63.1 Å². The first-order valence-corrected chi connectivity index (χ1v) is 11.2. The highest BCUT2D eigenvalue weighted by atomic mass is 16.5. The monoisotopic (exact) mass is 460 g/mol. The van der Waals surface area contributed by atoms with Crippen molar-refractivity contribution in [3.63, 3.8) is 0 Å². The van der Waals surface area contributed by atoms with E-state index in [0.717, 1.165) is 5.56 Å². The fraction of sp³-hybridized carbons (Fsp3) is 0.480. The number of amides is 2. The molecule has 8 nitrogen and oxygen atoms in total. The van der Waals surface area contributed by atoms with Crippen LogP contribution >= 0.6 is 0 Å². The Morgan fingerprint density at radius 3 is 2.27 bits per heavy atom. The molecule has 0 fully saturated rings. The first-order valence-electron chi connectivity index (χ1n) is 11.2. The quantitative estimate of drug-likeness (QED) is 0.175. The summed E-state index contributed by atoms with van der Waals surface area (Å²) in [4.78, 5) is 37.0. The topological polar surface area (TPSA) is 114 Å². The van der Waals surface area contributed by atoms with Crippen molar-refractivity contribution < 1.29 is 29.0 Å². The van der Waals surface area contributed by atoms with Gasteiger partial charge in [0.15, 0.2) is 0 Å². The molecule has 0 saturated heterocycles. The maximum absolute atomic E-state index is 12.5. The summed E-state index contributed by atoms with van der Waals surface area (Å²) < 4.78 is 10.4. The third-order valence-electron chi connectivity index (χ3n) is 4.81. The number of hydrogen-bond acceptors (Lipinski definition) is 6. The van der Waals surface area contributed by atoms with E-state index in [2.05, 4.69) is 23.8 Å². The molecule has 1 aromatic rings. The van der Waals surface area contributed by atoms with Crippen LogP contribution in [0.1, 0.15) is 24.8 Å². The number of hydrogen-bond donors (Lipinski definition) is 3. The molecule has 0 spiro atoms. The molecule has 0 aromatic heterocycles. The van der Waals surface area contributed by atoms with Crippen LogP contribution in [0.15, 0.2) is 55.6 Å². The normalized spacial score (nSPS) is 12.3. The molecule has 0 bridgehead atoms. The third-order valence-corrected chi connectivity index (χ3v) is 4.81. The van der Waals surface area contributed by atoms with Crippen LogP contribution in [0, 0.1) is 11.8 Å². The minimum atomic E-state index is -0.567. The van der Waals surface area contributed by atoms with Crippen LogP contribution in [0.3, 0.4) is 0 Å². The molecular formula is C25H36N2O6. The third kappa shape index (κ3) is 12.6. The van der Waals surface area contributed by atoms with Gasteiger partial charge in [-0.05, 0) is 24.8 Å². The molecule has 2 amide bonds. The summed E-state index contributed by atoms with van der Waals surface area (Å²) in [7, 11) is 0. The lowest BCUT2D eigenvalue weighted by atomic mass is 9.96. The van der Waals surface area contributed by atoms with E-state index in [9.17, 15) is 14.4 Å². The van der Waals surface area contributed by atoms with Gasteiger partial charge in [0.05, 0.1) is 38.2 Å². The van der Waals surface area contributed by atoms with Crippen molar-refractivity contribution in [2.45, 2.75) is 25.7 Å². The molecule has 0 unspecified atom stereocenters. The van der Waals surface area contributed by atoms with Gasteiger partial charge in [-0.25, -0.2) is 0 Å². The lowest BCUT2D eigenvalue weighted by Crippen LogP contribution is -2.37. The van der Waals surface area contributed by atoms with Crippen LogP contribution in [0.5, 0.6) is 0 Å². The number of carbonyl (C=O) groups excluding carboxylic acids is 3. The maximum Gasteiger partial charge on any atom is 0.309 e. The van der Waals surface area contributed by atoms with Gasteiger partial charge in [0.1, 0.15) is 6.61 Å². The largest absolute Gasteiger partial charge is 0.464 e. The molecular weight excluding hydrogens is 424 g/mol. The molecule has 3 N–H and O–H groups in total. The molecule has 1 rings (SSSR count). The molecule has 33 heavy (non-hydrogen) atoms. The minimum absolute atomic E-state index is 0.0100. The van der Waals surface area contributed by atoms with Gasteiger partial charge in [-0.1, -0.05) is 42.5 Å². The zero-order chi connectivity index (χ0) is 24.3. The molecule has 0 aliphatic heterocycles. The van der Waals surface area contributed by atoms with Gasteiger partial charge in [-0.3, -0.25) is 14.4 Å². The van der Waals surface area contributed by atoms with Crippen molar-refractivity contribution in [2.75, 3.05) is 39.5 Å². The lowest BCUT2D eigenvalue weighted by molar-refractivity contribution is -0.148. The fourth-order valence-electron chi connectivity index (χ4n) is 3.16. The second kappa shape index (κ2) is 17.6. The SMILES string of the molecule is C=CC[C@@H](CC(=O)NCCOCCO)C(=O)NCCOC(=O)[C@H](CC=C)Cc1ccccc1. The summed E-state index contributed by atoms with van der Waals surface area (Å²) >= 11 is 0. The highest BCUT2D eigenvalue weighted by molar-refractivity contribution is 5.85. The van der Waals surface area contributed by atoms with Gasteiger partial charge in [-0.15, -0.1) is 13.2 Å². The summed E-state index contributed by atoms with van der Waals surface area (Å²) in [6.45, 7) is 8.27. The predicted octanol–water partition coefficient (Wildman–Crippen LogP) is 1.79. The number of aliphatic hydroxyl groups excluding tert-OH is 1. The maximum atomic E-state index is 12.5. The summed E-state index contributed by atoms with van der Waals surface area (Å²) in [6, 6.07) is 9.69. The number of benzene rings is 1. The van der Waals surface area contributed by atoms with Crippen LogP contribution < -0.4 is 10.6 Å². The lowest BCUT2D eigenvalue weighted by Gasteiger charge is -2.17. The number of aliphatic hydroxyl groups is 1. The predicted molar refractivity (Wildman–Crippen MR) is 126 cm³/mol. The van der Waals surface area contributed by atoms with Gasteiger partial charge in [-0.2, -0.15) is 0 Å². The number of carbonyl (C=O) groups is 3. The van der Waals surface area contributed by atoms with Gasteiger partial charge in [0, 0.05) is 13.0 Å². The van der Waals surface area contributed by atoms with Crippen molar-refractivity contribution >= 4 is 17.8 Å². The van der Waals surface area contributed by atoms with Crippen molar-refractivity contribution in [3.05, 3.63) is 61.2 Å². The van der Waals surface area contributed by atoms with Gasteiger partial charge in [0.2, 0.25) is 11.8 Å². The highest BCUT2D eigenvalue weighted by Gasteiger charge is 2.22. The Bertz CT molecular complexity index is 738. The van der Waals surface area contributed by atoms with E-state index in [4.69, 9.17) is 14.6 Å². The smallest absolute Gasteiger partial charge is 0.309 e. The fourth-order valence-corrected chi connectivity index (χ4v) is 3.16. The van der Waals surface area contributed by atoms with Crippen molar-refractivity contribution in [3.8, 4) is 0 Å². The van der Waals surface area contributed by atoms with Crippen LogP contribution in [0.2, 0.25) is 0 Å². The van der Waals surface area contributed by atoms with Crippen molar-refractivity contribution in [2.24, 2.45) is 11.8 Å². The van der Waals surface area contributed by atoms with Gasteiger partial charge < -0.3 is 25.2 Å².